The molecule has 2 fully saturated rings. The summed E-state index contributed by atoms with van der Waals surface area (Å²) in [5.41, 5.74) is 1.51. The molecule has 0 aliphatic carbocycles. The Morgan fingerprint density at radius 2 is 1.42 bits per heavy atom. The van der Waals surface area contributed by atoms with Crippen LogP contribution >= 0.6 is 0 Å². The van der Waals surface area contributed by atoms with E-state index < -0.39 is 0 Å². The van der Waals surface area contributed by atoms with Gasteiger partial charge in [0.25, 0.3) is 0 Å². The SMILES string of the molecule is COC(C)(C)N1CCN(c2ccc(B3OC(C)(C)C(C)(C)O3)cc2)CC1. The van der Waals surface area contributed by atoms with Crippen LogP contribution in [0.1, 0.15) is 41.5 Å². The molecule has 0 bridgehead atoms. The van der Waals surface area contributed by atoms with E-state index in [9.17, 15) is 0 Å². The van der Waals surface area contributed by atoms with Crippen molar-refractivity contribution >= 4 is 18.3 Å². The van der Waals surface area contributed by atoms with E-state index in [0.29, 0.717) is 0 Å². The van der Waals surface area contributed by atoms with Crippen LogP contribution in [0.4, 0.5) is 5.69 Å². The number of methoxy groups -OCH3 is 1. The predicted molar refractivity (Wildman–Crippen MR) is 107 cm³/mol. The highest BCUT2D eigenvalue weighted by molar-refractivity contribution is 6.62. The summed E-state index contributed by atoms with van der Waals surface area (Å²) in [7, 11) is 1.48. The van der Waals surface area contributed by atoms with Gasteiger partial charge in [0.2, 0.25) is 0 Å². The molecule has 0 atom stereocenters. The van der Waals surface area contributed by atoms with E-state index in [1.54, 1.807) is 7.11 Å². The van der Waals surface area contributed by atoms with Crippen molar-refractivity contribution in [3.8, 4) is 0 Å². The summed E-state index contributed by atoms with van der Waals surface area (Å²) >= 11 is 0. The van der Waals surface area contributed by atoms with E-state index in [1.165, 1.54) is 5.69 Å². The van der Waals surface area contributed by atoms with Gasteiger partial charge in [0, 0.05) is 39.0 Å². The van der Waals surface area contributed by atoms with Crippen LogP contribution in [-0.4, -0.2) is 62.2 Å². The van der Waals surface area contributed by atoms with Crippen LogP contribution in [0.3, 0.4) is 0 Å². The van der Waals surface area contributed by atoms with Crippen LogP contribution < -0.4 is 10.4 Å². The minimum absolute atomic E-state index is 0.202. The fourth-order valence-electron chi connectivity index (χ4n) is 3.45. The smallest absolute Gasteiger partial charge is 0.399 e. The van der Waals surface area contributed by atoms with Crippen molar-refractivity contribution in [2.24, 2.45) is 0 Å². The maximum atomic E-state index is 6.14. The highest BCUT2D eigenvalue weighted by atomic mass is 16.7. The Balaban J connectivity index is 1.63. The average Bonchev–Trinajstić information content (AvgIpc) is 2.83. The number of anilines is 1. The van der Waals surface area contributed by atoms with E-state index in [0.717, 1.165) is 31.6 Å². The van der Waals surface area contributed by atoms with Crippen LogP contribution in [-0.2, 0) is 14.0 Å². The summed E-state index contributed by atoms with van der Waals surface area (Å²) in [6, 6.07) is 8.61. The minimum atomic E-state index is -0.305. The van der Waals surface area contributed by atoms with E-state index in [1.807, 2.05) is 0 Å². The van der Waals surface area contributed by atoms with Crippen molar-refractivity contribution in [3.05, 3.63) is 24.3 Å². The highest BCUT2D eigenvalue weighted by Crippen LogP contribution is 2.36. The molecule has 0 radical (unpaired) electrons. The van der Waals surface area contributed by atoms with Gasteiger partial charge >= 0.3 is 7.12 Å². The van der Waals surface area contributed by atoms with Crippen LogP contribution in [0, 0.1) is 0 Å². The Bertz CT molecular complexity index is 606. The van der Waals surface area contributed by atoms with Crippen molar-refractivity contribution in [3.63, 3.8) is 0 Å². The molecule has 2 aliphatic rings. The van der Waals surface area contributed by atoms with Crippen molar-refractivity contribution in [1.82, 2.24) is 4.90 Å². The predicted octanol–water partition coefficient (Wildman–Crippen LogP) is 2.49. The first-order chi connectivity index (χ1) is 12.1. The van der Waals surface area contributed by atoms with Gasteiger partial charge in [-0.1, -0.05) is 12.1 Å². The van der Waals surface area contributed by atoms with Crippen molar-refractivity contribution < 1.29 is 14.0 Å². The molecule has 0 unspecified atom stereocenters. The fourth-order valence-corrected chi connectivity index (χ4v) is 3.45. The molecule has 26 heavy (non-hydrogen) atoms. The normalized spacial score (nSPS) is 23.5. The lowest BCUT2D eigenvalue weighted by molar-refractivity contribution is -0.110. The number of hydrogen-bond donors (Lipinski definition) is 0. The van der Waals surface area contributed by atoms with Gasteiger partial charge in [0.1, 0.15) is 5.72 Å². The summed E-state index contributed by atoms with van der Waals surface area (Å²) in [4.78, 5) is 4.82. The van der Waals surface area contributed by atoms with Gasteiger partial charge < -0.3 is 18.9 Å². The van der Waals surface area contributed by atoms with E-state index in [2.05, 4.69) is 75.6 Å². The Morgan fingerprint density at radius 3 is 1.88 bits per heavy atom. The molecule has 0 aromatic heterocycles. The molecule has 2 aliphatic heterocycles. The van der Waals surface area contributed by atoms with E-state index >= 15 is 0 Å². The Morgan fingerprint density at radius 1 is 0.923 bits per heavy atom. The van der Waals surface area contributed by atoms with Gasteiger partial charge in [0.15, 0.2) is 0 Å². The van der Waals surface area contributed by atoms with Crippen LogP contribution in [0.2, 0.25) is 0 Å². The lowest BCUT2D eigenvalue weighted by Gasteiger charge is -2.43. The average molecular weight is 360 g/mol. The third kappa shape index (κ3) is 3.65. The van der Waals surface area contributed by atoms with Crippen molar-refractivity contribution in [2.45, 2.75) is 58.5 Å². The van der Waals surface area contributed by atoms with Crippen LogP contribution in [0.15, 0.2) is 24.3 Å². The summed E-state index contributed by atoms with van der Waals surface area (Å²) < 4.78 is 17.9. The minimum Gasteiger partial charge on any atom is -0.399 e. The third-order valence-electron chi connectivity index (χ3n) is 6.32. The highest BCUT2D eigenvalue weighted by Gasteiger charge is 2.51. The van der Waals surface area contributed by atoms with Gasteiger partial charge in [-0.25, -0.2) is 0 Å². The van der Waals surface area contributed by atoms with Crippen molar-refractivity contribution in [2.75, 3.05) is 38.2 Å². The molecule has 6 heteroatoms. The molecule has 1 aromatic carbocycles. The maximum Gasteiger partial charge on any atom is 0.494 e. The summed E-state index contributed by atoms with van der Waals surface area (Å²) in [6.07, 6.45) is 0. The number of hydrogen-bond acceptors (Lipinski definition) is 5. The second-order valence-electron chi connectivity index (χ2n) is 8.80. The monoisotopic (exact) mass is 360 g/mol. The van der Waals surface area contributed by atoms with E-state index in [4.69, 9.17) is 14.0 Å². The molecule has 1 aromatic rings. The first-order valence-electron chi connectivity index (χ1n) is 9.56. The molecule has 2 heterocycles. The molecule has 0 N–H and O–H groups in total. The maximum absolute atomic E-state index is 6.14. The molecule has 144 valence electrons. The molecule has 3 rings (SSSR count). The van der Waals surface area contributed by atoms with Crippen molar-refractivity contribution in [1.29, 1.82) is 0 Å². The number of benzene rings is 1. The van der Waals surface area contributed by atoms with Gasteiger partial charge in [-0.15, -0.1) is 0 Å². The summed E-state index contributed by atoms with van der Waals surface area (Å²) in [6.45, 7) is 16.6. The summed E-state index contributed by atoms with van der Waals surface area (Å²) in [5, 5.41) is 0. The fraction of sp³-hybridized carbons (Fsp3) is 0.700. The Labute approximate surface area is 158 Å². The lowest BCUT2D eigenvalue weighted by Crippen LogP contribution is -2.55. The van der Waals surface area contributed by atoms with Gasteiger partial charge in [-0.3, -0.25) is 4.90 Å². The quantitative estimate of drug-likeness (QED) is 0.771. The first-order valence-corrected chi connectivity index (χ1v) is 9.56. The number of nitrogens with zero attached hydrogens (tertiary/aromatic N) is 2. The second kappa shape index (κ2) is 6.82. The largest absolute Gasteiger partial charge is 0.494 e. The van der Waals surface area contributed by atoms with Gasteiger partial charge in [0.05, 0.1) is 11.2 Å². The lowest BCUT2D eigenvalue weighted by atomic mass is 9.79. The molecular weight excluding hydrogens is 327 g/mol. The van der Waals surface area contributed by atoms with Crippen LogP contribution in [0.25, 0.3) is 0 Å². The Kier molecular flexibility index (Phi) is 5.17. The first kappa shape index (κ1) is 19.7. The number of rotatable bonds is 4. The number of piperazine rings is 1. The zero-order chi connectivity index (χ0) is 19.2. The van der Waals surface area contributed by atoms with Crippen LogP contribution in [0.5, 0.6) is 0 Å². The third-order valence-corrected chi connectivity index (χ3v) is 6.32. The topological polar surface area (TPSA) is 34.2 Å². The van der Waals surface area contributed by atoms with Gasteiger partial charge in [-0.05, 0) is 59.1 Å². The van der Waals surface area contributed by atoms with Gasteiger partial charge in [-0.2, -0.15) is 0 Å². The standard InChI is InChI=1S/C20H33BN2O3/c1-18(2)19(3,4)26-21(25-18)16-8-10-17(11-9-16)22-12-14-23(15-13-22)20(5,6)24-7/h8-11H,12-15H2,1-7H3. The molecule has 2 saturated heterocycles. The zero-order valence-electron chi connectivity index (χ0n) is 17.3. The number of ether oxygens (including phenoxy) is 1. The zero-order valence-corrected chi connectivity index (χ0v) is 17.3. The summed E-state index contributed by atoms with van der Waals surface area (Å²) in [5.74, 6) is 0. The Hall–Kier alpha value is -1.08. The molecule has 0 saturated carbocycles. The second-order valence-corrected chi connectivity index (χ2v) is 8.80. The molecule has 0 spiro atoms. The van der Waals surface area contributed by atoms with E-state index in [-0.39, 0.29) is 24.0 Å². The molecule has 5 nitrogen and oxygen atoms in total. The molecular formula is C20H33BN2O3. The molecule has 0 amide bonds.